The Balaban J connectivity index is 4.62. The summed E-state index contributed by atoms with van der Waals surface area (Å²) >= 11 is 0. The van der Waals surface area contributed by atoms with Crippen LogP contribution in [0.1, 0.15) is 6.42 Å². The van der Waals surface area contributed by atoms with Crippen LogP contribution >= 0.6 is 0 Å². The first-order chi connectivity index (χ1) is 5.25. The molecule has 0 amide bonds. The molecule has 0 saturated carbocycles. The van der Waals surface area contributed by atoms with Gasteiger partial charge < -0.3 is 0 Å². The van der Waals surface area contributed by atoms with Crippen LogP contribution in [0.25, 0.3) is 0 Å². The van der Waals surface area contributed by atoms with E-state index in [4.69, 9.17) is 0 Å². The van der Waals surface area contributed by atoms with Gasteiger partial charge in [-0.25, -0.2) is 8.78 Å². The summed E-state index contributed by atoms with van der Waals surface area (Å²) in [5.74, 6) is 0. The molecule has 1 unspecified atom stereocenters. The van der Waals surface area contributed by atoms with Crippen LogP contribution in [0.15, 0.2) is 0 Å². The third kappa shape index (κ3) is 2.01. The van der Waals surface area contributed by atoms with E-state index >= 15 is 0 Å². The van der Waals surface area contributed by atoms with Crippen molar-refractivity contribution in [2.75, 3.05) is 0 Å². The molecule has 0 nitrogen and oxygen atoms in total. The second-order valence-electron chi connectivity index (χ2n) is 1.92. The van der Waals surface area contributed by atoms with Crippen LogP contribution < -0.4 is 0 Å². The third-order valence-corrected chi connectivity index (χ3v) is 1.11. The van der Waals surface area contributed by atoms with Crippen molar-refractivity contribution in [2.24, 2.45) is 0 Å². The fraction of sp³-hybridized carbons (Fsp3) is 0.600. The molecule has 0 saturated heterocycles. The van der Waals surface area contributed by atoms with E-state index in [1.165, 1.54) is 0 Å². The smallest absolute Gasteiger partial charge is 0.244 e. The molecule has 0 N–H and O–H groups in total. The zero-order valence-electron chi connectivity index (χ0n) is 5.43. The number of rotatable bonds is 3. The molecule has 0 heterocycles. The van der Waals surface area contributed by atoms with Gasteiger partial charge in [0.2, 0.25) is 0 Å². The van der Waals surface area contributed by atoms with E-state index in [-0.39, 0.29) is 0 Å². The minimum Gasteiger partial charge on any atom is -0.244 e. The molecule has 0 aromatic rings. The van der Waals surface area contributed by atoms with Crippen LogP contribution in [0.2, 0.25) is 0 Å². The zero-order chi connectivity index (χ0) is 9.99. The Hall–Kier alpha value is -0.490. The van der Waals surface area contributed by atoms with Crippen molar-refractivity contribution >= 4 is 0 Å². The molecule has 0 aromatic heterocycles. The maximum atomic E-state index is 12.2. The Labute approximate surface area is 63.4 Å². The van der Waals surface area contributed by atoms with Gasteiger partial charge in [0.15, 0.2) is 0 Å². The quantitative estimate of drug-likeness (QED) is 0.608. The number of halogens is 7. The normalized spacial score (nSPS) is 18.0. The van der Waals surface area contributed by atoms with Crippen molar-refractivity contribution in [3.05, 3.63) is 13.1 Å². The summed E-state index contributed by atoms with van der Waals surface area (Å²) in [6.45, 7) is -0.799. The molecule has 0 aliphatic carbocycles. The van der Waals surface area contributed by atoms with Gasteiger partial charge in [-0.15, -0.1) is 0 Å². The largest absolute Gasteiger partial charge is 0.428 e. The zero-order valence-corrected chi connectivity index (χ0v) is 5.43. The molecule has 2 radical (unpaired) electrons. The van der Waals surface area contributed by atoms with Gasteiger partial charge in [0.05, 0.1) is 0 Å². The van der Waals surface area contributed by atoms with E-state index in [1.807, 2.05) is 0 Å². The molecule has 12 heavy (non-hydrogen) atoms. The van der Waals surface area contributed by atoms with E-state index in [0.717, 1.165) is 0 Å². The molecule has 0 rings (SSSR count). The van der Waals surface area contributed by atoms with E-state index in [0.29, 0.717) is 0 Å². The number of hydrogen-bond acceptors (Lipinski definition) is 0. The Morgan fingerprint density at radius 3 is 1.58 bits per heavy atom. The summed E-state index contributed by atoms with van der Waals surface area (Å²) in [6.07, 6.45) is -11.3. The van der Waals surface area contributed by atoms with Gasteiger partial charge in [0, 0.05) is 6.42 Å². The number of alkyl halides is 4. The van der Waals surface area contributed by atoms with Crippen molar-refractivity contribution < 1.29 is 30.7 Å². The highest BCUT2D eigenvalue weighted by Crippen LogP contribution is 2.45. The molecule has 0 aliphatic rings. The van der Waals surface area contributed by atoms with Crippen LogP contribution in [0.4, 0.5) is 30.7 Å². The molecular formula is C5H3F7. The Bertz CT molecular complexity index is 139. The van der Waals surface area contributed by atoms with E-state index in [1.54, 1.807) is 0 Å². The minimum absolute atomic E-state index is 0.799. The second-order valence-corrected chi connectivity index (χ2v) is 1.92. The maximum absolute atomic E-state index is 12.2. The molecule has 0 aromatic carbocycles. The fourth-order valence-electron chi connectivity index (χ4n) is 0.406. The summed E-state index contributed by atoms with van der Waals surface area (Å²) in [4.78, 5) is 0. The molecule has 0 aliphatic heterocycles. The lowest BCUT2D eigenvalue weighted by molar-refractivity contribution is -0.243. The Morgan fingerprint density at radius 1 is 1.08 bits per heavy atom. The maximum Gasteiger partial charge on any atom is 0.428 e. The lowest BCUT2D eigenvalue weighted by Crippen LogP contribution is -2.43. The topological polar surface area (TPSA) is 0 Å². The van der Waals surface area contributed by atoms with Gasteiger partial charge in [-0.2, -0.15) is 22.0 Å². The third-order valence-electron chi connectivity index (χ3n) is 1.11. The summed E-state index contributed by atoms with van der Waals surface area (Å²) < 4.78 is 80.6. The Morgan fingerprint density at radius 2 is 1.50 bits per heavy atom. The van der Waals surface area contributed by atoms with Crippen molar-refractivity contribution in [3.63, 3.8) is 0 Å². The van der Waals surface area contributed by atoms with Crippen molar-refractivity contribution in [3.8, 4) is 0 Å². The van der Waals surface area contributed by atoms with Gasteiger partial charge >= 0.3 is 12.6 Å². The van der Waals surface area contributed by atoms with E-state index in [2.05, 4.69) is 0 Å². The molecule has 7 heteroatoms. The van der Waals surface area contributed by atoms with Crippen molar-refractivity contribution in [1.29, 1.82) is 0 Å². The lowest BCUT2D eigenvalue weighted by Gasteiger charge is -2.24. The van der Waals surface area contributed by atoms with Gasteiger partial charge in [-0.05, 0) is 0 Å². The number of hydrogen-bond donors (Lipinski definition) is 0. The first-order valence-corrected chi connectivity index (χ1v) is 2.61. The molecule has 0 spiro atoms. The van der Waals surface area contributed by atoms with Crippen LogP contribution in [-0.2, 0) is 0 Å². The molecule has 72 valence electrons. The van der Waals surface area contributed by atoms with Crippen LogP contribution in [0, 0.1) is 13.1 Å². The SMILES string of the molecule is F[CH]CC(F)([C](F)F)C(F)(F)F. The minimum atomic E-state index is -5.80. The van der Waals surface area contributed by atoms with Crippen LogP contribution in [-0.4, -0.2) is 11.8 Å². The van der Waals surface area contributed by atoms with E-state index in [9.17, 15) is 30.7 Å². The average molecular weight is 196 g/mol. The predicted molar refractivity (Wildman–Crippen MR) is 25.4 cm³/mol. The fourth-order valence-corrected chi connectivity index (χ4v) is 0.406. The van der Waals surface area contributed by atoms with E-state index < -0.39 is 31.4 Å². The summed E-state index contributed by atoms with van der Waals surface area (Å²) in [6, 6.07) is 0. The summed E-state index contributed by atoms with van der Waals surface area (Å²) in [5.41, 5.74) is -4.86. The standard InChI is InChI=1S/C5H3F7/c6-2-1-4(9,3(7)8)5(10,11)12/h2H,1H2. The van der Waals surface area contributed by atoms with Gasteiger partial charge in [-0.3, -0.25) is 0 Å². The average Bonchev–Trinajstić information content (AvgIpc) is 1.85. The van der Waals surface area contributed by atoms with Gasteiger partial charge in [-0.1, -0.05) is 0 Å². The van der Waals surface area contributed by atoms with Gasteiger partial charge in [0.25, 0.3) is 5.67 Å². The highest BCUT2D eigenvalue weighted by Gasteiger charge is 2.63. The van der Waals surface area contributed by atoms with Crippen LogP contribution in [0.3, 0.4) is 0 Å². The first-order valence-electron chi connectivity index (χ1n) is 2.61. The summed E-state index contributed by atoms with van der Waals surface area (Å²) in [5, 5.41) is 0. The predicted octanol–water partition coefficient (Wildman–Crippen LogP) is 3.21. The highest BCUT2D eigenvalue weighted by atomic mass is 19.4. The summed E-state index contributed by atoms with van der Waals surface area (Å²) in [7, 11) is 0. The molecule has 0 fully saturated rings. The lowest BCUT2D eigenvalue weighted by atomic mass is 10.0. The highest BCUT2D eigenvalue weighted by molar-refractivity contribution is 5.01. The Kier molecular flexibility index (Phi) is 3.34. The molecule has 0 bridgehead atoms. The molecule has 1 atom stereocenters. The van der Waals surface area contributed by atoms with Gasteiger partial charge in [0.1, 0.15) is 6.67 Å². The van der Waals surface area contributed by atoms with Crippen molar-refractivity contribution in [1.82, 2.24) is 0 Å². The monoisotopic (exact) mass is 196 g/mol. The first kappa shape index (κ1) is 11.5. The second kappa shape index (κ2) is 3.49. The van der Waals surface area contributed by atoms with Crippen molar-refractivity contribution in [2.45, 2.75) is 18.3 Å². The molecular weight excluding hydrogens is 193 g/mol. The van der Waals surface area contributed by atoms with Crippen LogP contribution in [0.5, 0.6) is 0 Å².